The van der Waals surface area contributed by atoms with Gasteiger partial charge in [0.1, 0.15) is 0 Å². The fourth-order valence-corrected chi connectivity index (χ4v) is 2.57. The van der Waals surface area contributed by atoms with Gasteiger partial charge in [-0.05, 0) is 44.1 Å². The van der Waals surface area contributed by atoms with Gasteiger partial charge >= 0.3 is 0 Å². The normalized spacial score (nSPS) is 21.0. The summed E-state index contributed by atoms with van der Waals surface area (Å²) in [4.78, 5) is 0. The van der Waals surface area contributed by atoms with E-state index in [1.54, 1.807) is 11.6 Å². The summed E-state index contributed by atoms with van der Waals surface area (Å²) in [5.41, 5.74) is 4.68. The molecule has 0 nitrogen and oxygen atoms in total. The lowest BCUT2D eigenvalue weighted by molar-refractivity contribution is 0.377. The molecule has 0 bridgehead atoms. The van der Waals surface area contributed by atoms with Crippen LogP contribution in [-0.4, -0.2) is 0 Å². The molecule has 0 atom stereocenters. The van der Waals surface area contributed by atoms with E-state index in [9.17, 15) is 0 Å². The molecular weight excluding hydrogens is 216 g/mol. The first kappa shape index (κ1) is 14.8. The highest BCUT2D eigenvalue weighted by Gasteiger charge is 2.26. The average molecular weight is 242 g/mol. The van der Waals surface area contributed by atoms with Crippen LogP contribution >= 0.6 is 0 Å². The molecule has 98 valence electrons. The SMILES string of the molecule is C=C/C=C/C=C(C)/C=C/C1=C(C)CCCC1(C)C. The highest BCUT2D eigenvalue weighted by Crippen LogP contribution is 2.40. The zero-order chi connectivity index (χ0) is 13.6. The summed E-state index contributed by atoms with van der Waals surface area (Å²) in [7, 11) is 0. The van der Waals surface area contributed by atoms with E-state index in [2.05, 4.69) is 52.5 Å². The molecule has 0 amide bonds. The van der Waals surface area contributed by atoms with E-state index in [0.717, 1.165) is 0 Å². The molecule has 0 radical (unpaired) electrons. The quantitative estimate of drug-likeness (QED) is 0.550. The van der Waals surface area contributed by atoms with Gasteiger partial charge in [0.15, 0.2) is 0 Å². The van der Waals surface area contributed by atoms with E-state index < -0.39 is 0 Å². The van der Waals surface area contributed by atoms with Gasteiger partial charge in [-0.1, -0.05) is 68.0 Å². The Kier molecular flexibility index (Phi) is 5.40. The molecule has 0 aromatic heterocycles. The van der Waals surface area contributed by atoms with Crippen LogP contribution in [0.4, 0.5) is 0 Å². The number of rotatable bonds is 4. The molecule has 0 N–H and O–H groups in total. The highest BCUT2D eigenvalue weighted by molar-refractivity contribution is 5.36. The van der Waals surface area contributed by atoms with Crippen LogP contribution in [0.1, 0.15) is 47.0 Å². The van der Waals surface area contributed by atoms with Crippen molar-refractivity contribution in [1.82, 2.24) is 0 Å². The highest BCUT2D eigenvalue weighted by atomic mass is 14.3. The zero-order valence-electron chi connectivity index (χ0n) is 12.3. The molecule has 0 saturated heterocycles. The van der Waals surface area contributed by atoms with Crippen LogP contribution in [0.5, 0.6) is 0 Å². The van der Waals surface area contributed by atoms with E-state index >= 15 is 0 Å². The molecule has 1 aliphatic rings. The largest absolute Gasteiger partial charge is 0.0991 e. The Morgan fingerprint density at radius 2 is 2.00 bits per heavy atom. The summed E-state index contributed by atoms with van der Waals surface area (Å²) < 4.78 is 0. The Labute approximate surface area is 112 Å². The lowest BCUT2D eigenvalue weighted by atomic mass is 9.72. The van der Waals surface area contributed by atoms with Crippen molar-refractivity contribution in [2.24, 2.45) is 5.41 Å². The van der Waals surface area contributed by atoms with Crippen molar-refractivity contribution in [3.05, 3.63) is 59.8 Å². The third-order valence-corrected chi connectivity index (χ3v) is 3.66. The topological polar surface area (TPSA) is 0 Å². The van der Waals surface area contributed by atoms with Crippen molar-refractivity contribution in [3.8, 4) is 0 Å². The summed E-state index contributed by atoms with van der Waals surface area (Å²) in [5, 5.41) is 0. The van der Waals surface area contributed by atoms with Crippen molar-refractivity contribution in [2.75, 3.05) is 0 Å². The van der Waals surface area contributed by atoms with Crippen molar-refractivity contribution in [2.45, 2.75) is 47.0 Å². The van der Waals surface area contributed by atoms with Gasteiger partial charge in [-0.25, -0.2) is 0 Å². The molecule has 1 aliphatic carbocycles. The summed E-state index contributed by atoms with van der Waals surface area (Å²) in [6.07, 6.45) is 16.3. The summed E-state index contributed by atoms with van der Waals surface area (Å²) >= 11 is 0. The Bertz CT molecular complexity index is 411. The second-order valence-corrected chi connectivity index (χ2v) is 5.80. The summed E-state index contributed by atoms with van der Waals surface area (Å²) in [6.45, 7) is 12.8. The van der Waals surface area contributed by atoms with Crippen LogP contribution in [0.3, 0.4) is 0 Å². The van der Waals surface area contributed by atoms with Crippen LogP contribution in [-0.2, 0) is 0 Å². The molecule has 0 heteroatoms. The molecule has 0 heterocycles. The minimum Gasteiger partial charge on any atom is -0.0991 e. The van der Waals surface area contributed by atoms with Crippen LogP contribution in [0.25, 0.3) is 0 Å². The first-order valence-electron chi connectivity index (χ1n) is 6.81. The van der Waals surface area contributed by atoms with Gasteiger partial charge in [0.2, 0.25) is 0 Å². The summed E-state index contributed by atoms with van der Waals surface area (Å²) in [5.74, 6) is 0. The number of hydrogen-bond acceptors (Lipinski definition) is 0. The molecular formula is C18H26. The molecule has 1 rings (SSSR count). The van der Waals surface area contributed by atoms with E-state index in [1.807, 2.05) is 12.2 Å². The maximum absolute atomic E-state index is 3.66. The van der Waals surface area contributed by atoms with Crippen LogP contribution < -0.4 is 0 Å². The van der Waals surface area contributed by atoms with Gasteiger partial charge in [0, 0.05) is 0 Å². The first-order chi connectivity index (χ1) is 8.47. The molecule has 18 heavy (non-hydrogen) atoms. The lowest BCUT2D eigenvalue weighted by Crippen LogP contribution is -2.19. The van der Waals surface area contributed by atoms with Crippen molar-refractivity contribution in [1.29, 1.82) is 0 Å². The van der Waals surface area contributed by atoms with Crippen LogP contribution in [0, 0.1) is 5.41 Å². The number of allylic oxidation sites excluding steroid dienone is 9. The smallest absolute Gasteiger partial charge is 0.0104 e. The van der Waals surface area contributed by atoms with E-state index in [0.29, 0.717) is 5.41 Å². The van der Waals surface area contributed by atoms with Gasteiger partial charge in [-0.2, -0.15) is 0 Å². The third kappa shape index (κ3) is 4.18. The van der Waals surface area contributed by atoms with Gasteiger partial charge in [-0.3, -0.25) is 0 Å². The van der Waals surface area contributed by atoms with Gasteiger partial charge in [0.25, 0.3) is 0 Å². The van der Waals surface area contributed by atoms with Gasteiger partial charge in [-0.15, -0.1) is 0 Å². The second kappa shape index (κ2) is 6.58. The van der Waals surface area contributed by atoms with E-state index in [1.165, 1.54) is 30.4 Å². The fourth-order valence-electron chi connectivity index (χ4n) is 2.57. The predicted octanol–water partition coefficient (Wildman–Crippen LogP) is 5.76. The second-order valence-electron chi connectivity index (χ2n) is 5.80. The maximum Gasteiger partial charge on any atom is -0.0104 e. The predicted molar refractivity (Wildman–Crippen MR) is 82.6 cm³/mol. The number of hydrogen-bond donors (Lipinski definition) is 0. The molecule has 0 unspecified atom stereocenters. The van der Waals surface area contributed by atoms with Crippen molar-refractivity contribution >= 4 is 0 Å². The molecule has 0 aliphatic heterocycles. The molecule has 0 aromatic rings. The fraction of sp³-hybridized carbons (Fsp3) is 0.444. The Balaban J connectivity index is 2.85. The van der Waals surface area contributed by atoms with Gasteiger partial charge in [0.05, 0.1) is 0 Å². The van der Waals surface area contributed by atoms with E-state index in [-0.39, 0.29) is 0 Å². The monoisotopic (exact) mass is 242 g/mol. The average Bonchev–Trinajstić information content (AvgIpc) is 2.28. The summed E-state index contributed by atoms with van der Waals surface area (Å²) in [6, 6.07) is 0. The molecule has 0 spiro atoms. The zero-order valence-corrected chi connectivity index (χ0v) is 12.3. The Morgan fingerprint density at radius 1 is 1.28 bits per heavy atom. The maximum atomic E-state index is 3.66. The molecule has 0 fully saturated rings. The molecule has 0 aromatic carbocycles. The first-order valence-corrected chi connectivity index (χ1v) is 6.81. The third-order valence-electron chi connectivity index (χ3n) is 3.66. The lowest BCUT2D eigenvalue weighted by Gasteiger charge is -2.32. The van der Waals surface area contributed by atoms with E-state index in [4.69, 9.17) is 0 Å². The molecule has 0 saturated carbocycles. The van der Waals surface area contributed by atoms with Crippen LogP contribution in [0.15, 0.2) is 59.8 Å². The van der Waals surface area contributed by atoms with Crippen molar-refractivity contribution < 1.29 is 0 Å². The Hall–Kier alpha value is -1.30. The van der Waals surface area contributed by atoms with Crippen LogP contribution in [0.2, 0.25) is 0 Å². The minimum atomic E-state index is 0.329. The minimum absolute atomic E-state index is 0.329. The standard InChI is InChI=1S/C18H26/c1-6-7-8-10-15(2)12-13-17-16(3)11-9-14-18(17,4)5/h6-8,10,12-13H,1,9,11,14H2,2-5H3/b8-7+,13-12+,15-10+. The van der Waals surface area contributed by atoms with Crippen molar-refractivity contribution in [3.63, 3.8) is 0 Å². The van der Waals surface area contributed by atoms with Gasteiger partial charge < -0.3 is 0 Å². The Morgan fingerprint density at radius 3 is 2.61 bits per heavy atom.